The van der Waals surface area contributed by atoms with Crippen LogP contribution >= 0.6 is 0 Å². The summed E-state index contributed by atoms with van der Waals surface area (Å²) in [6.07, 6.45) is 3.12. The number of hydrogen-bond donors (Lipinski definition) is 0. The third kappa shape index (κ3) is 3.37. The fraction of sp³-hybridized carbons (Fsp3) is 0.769. The van der Waals surface area contributed by atoms with Crippen LogP contribution in [0.1, 0.15) is 40.0 Å². The molecule has 0 bridgehead atoms. The second-order valence-electron chi connectivity index (χ2n) is 4.87. The molecule has 0 amide bonds. The highest BCUT2D eigenvalue weighted by Gasteiger charge is 2.29. The highest BCUT2D eigenvalue weighted by atomic mass is 16.5. The lowest BCUT2D eigenvalue weighted by Crippen LogP contribution is -2.16. The van der Waals surface area contributed by atoms with E-state index in [9.17, 15) is 4.79 Å². The van der Waals surface area contributed by atoms with Gasteiger partial charge in [-0.05, 0) is 37.0 Å². The summed E-state index contributed by atoms with van der Waals surface area (Å²) < 4.78 is 5.26. The van der Waals surface area contributed by atoms with Crippen LogP contribution in [0.2, 0.25) is 0 Å². The Morgan fingerprint density at radius 3 is 2.53 bits per heavy atom. The SMILES string of the molecule is C=C(CC)C(=O)OCC1CC(C)CC1C. The van der Waals surface area contributed by atoms with Gasteiger partial charge in [0.1, 0.15) is 0 Å². The van der Waals surface area contributed by atoms with Crippen LogP contribution in [0.4, 0.5) is 0 Å². The number of ether oxygens (including phenoxy) is 1. The predicted octanol–water partition coefficient (Wildman–Crippen LogP) is 3.18. The highest BCUT2D eigenvalue weighted by molar-refractivity contribution is 5.87. The molecule has 1 fully saturated rings. The number of hydrogen-bond acceptors (Lipinski definition) is 2. The third-order valence-electron chi connectivity index (χ3n) is 3.43. The van der Waals surface area contributed by atoms with Crippen LogP contribution in [0.15, 0.2) is 12.2 Å². The van der Waals surface area contributed by atoms with Gasteiger partial charge in [0.2, 0.25) is 0 Å². The summed E-state index contributed by atoms with van der Waals surface area (Å²) in [7, 11) is 0. The summed E-state index contributed by atoms with van der Waals surface area (Å²) >= 11 is 0. The van der Waals surface area contributed by atoms with Gasteiger partial charge in [-0.15, -0.1) is 0 Å². The summed E-state index contributed by atoms with van der Waals surface area (Å²) in [5, 5.41) is 0. The molecule has 0 heterocycles. The fourth-order valence-electron chi connectivity index (χ4n) is 2.33. The monoisotopic (exact) mass is 210 g/mol. The molecule has 0 aromatic heterocycles. The minimum Gasteiger partial charge on any atom is -0.462 e. The zero-order valence-corrected chi connectivity index (χ0v) is 10.1. The van der Waals surface area contributed by atoms with Crippen LogP contribution < -0.4 is 0 Å². The van der Waals surface area contributed by atoms with Gasteiger partial charge < -0.3 is 4.74 Å². The second-order valence-corrected chi connectivity index (χ2v) is 4.87. The number of carbonyl (C=O) groups is 1. The van der Waals surface area contributed by atoms with Gasteiger partial charge in [-0.3, -0.25) is 0 Å². The molecule has 15 heavy (non-hydrogen) atoms. The number of esters is 1. The minimum atomic E-state index is -0.218. The van der Waals surface area contributed by atoms with E-state index in [-0.39, 0.29) is 5.97 Å². The smallest absolute Gasteiger partial charge is 0.333 e. The maximum Gasteiger partial charge on any atom is 0.333 e. The van der Waals surface area contributed by atoms with Crippen molar-refractivity contribution in [3.05, 3.63) is 12.2 Å². The summed E-state index contributed by atoms with van der Waals surface area (Å²) in [6.45, 7) is 10.7. The van der Waals surface area contributed by atoms with E-state index in [1.165, 1.54) is 12.8 Å². The van der Waals surface area contributed by atoms with Gasteiger partial charge >= 0.3 is 5.97 Å². The average Bonchev–Trinajstić information content (AvgIpc) is 2.52. The Bertz CT molecular complexity index is 245. The van der Waals surface area contributed by atoms with E-state index in [1.54, 1.807) is 0 Å². The lowest BCUT2D eigenvalue weighted by Gasteiger charge is -2.15. The Balaban J connectivity index is 2.31. The van der Waals surface area contributed by atoms with E-state index in [0.29, 0.717) is 30.4 Å². The quantitative estimate of drug-likeness (QED) is 0.526. The first kappa shape index (κ1) is 12.3. The first-order valence-corrected chi connectivity index (χ1v) is 5.89. The Morgan fingerprint density at radius 2 is 2.07 bits per heavy atom. The first-order chi connectivity index (χ1) is 7.04. The van der Waals surface area contributed by atoms with Gasteiger partial charge in [-0.25, -0.2) is 4.79 Å². The van der Waals surface area contributed by atoms with Crippen molar-refractivity contribution < 1.29 is 9.53 Å². The molecule has 0 aromatic rings. The second kappa shape index (κ2) is 5.34. The van der Waals surface area contributed by atoms with E-state index < -0.39 is 0 Å². The maximum absolute atomic E-state index is 11.4. The molecule has 0 aliphatic heterocycles. The lowest BCUT2D eigenvalue weighted by molar-refractivity contribution is -0.140. The topological polar surface area (TPSA) is 26.3 Å². The van der Waals surface area contributed by atoms with Crippen molar-refractivity contribution in [1.82, 2.24) is 0 Å². The molecule has 0 aromatic carbocycles. The summed E-state index contributed by atoms with van der Waals surface area (Å²) in [4.78, 5) is 11.4. The van der Waals surface area contributed by atoms with Crippen LogP contribution in [-0.4, -0.2) is 12.6 Å². The molecule has 1 aliphatic rings. The van der Waals surface area contributed by atoms with E-state index in [4.69, 9.17) is 4.74 Å². The van der Waals surface area contributed by atoms with E-state index in [2.05, 4.69) is 20.4 Å². The predicted molar refractivity (Wildman–Crippen MR) is 61.4 cm³/mol. The number of rotatable bonds is 4. The maximum atomic E-state index is 11.4. The van der Waals surface area contributed by atoms with Gasteiger partial charge in [0.15, 0.2) is 0 Å². The van der Waals surface area contributed by atoms with E-state index in [1.807, 2.05) is 6.92 Å². The van der Waals surface area contributed by atoms with Crippen LogP contribution in [-0.2, 0) is 9.53 Å². The van der Waals surface area contributed by atoms with Crippen LogP contribution in [0.25, 0.3) is 0 Å². The van der Waals surface area contributed by atoms with Crippen molar-refractivity contribution in [2.24, 2.45) is 17.8 Å². The first-order valence-electron chi connectivity index (χ1n) is 5.89. The molecule has 2 heteroatoms. The zero-order valence-electron chi connectivity index (χ0n) is 10.1. The molecule has 86 valence electrons. The molecule has 3 unspecified atom stereocenters. The van der Waals surface area contributed by atoms with Crippen LogP contribution in [0, 0.1) is 17.8 Å². The molecule has 0 radical (unpaired) electrons. The molecule has 0 N–H and O–H groups in total. The molecule has 2 nitrogen and oxygen atoms in total. The van der Waals surface area contributed by atoms with Crippen molar-refractivity contribution in [2.45, 2.75) is 40.0 Å². The largest absolute Gasteiger partial charge is 0.462 e. The Labute approximate surface area is 92.7 Å². The van der Waals surface area contributed by atoms with E-state index >= 15 is 0 Å². The molecular formula is C13H22O2. The van der Waals surface area contributed by atoms with Gasteiger partial charge in [0.05, 0.1) is 6.61 Å². The fourth-order valence-corrected chi connectivity index (χ4v) is 2.33. The summed E-state index contributed by atoms with van der Waals surface area (Å²) in [6, 6.07) is 0. The van der Waals surface area contributed by atoms with Crippen molar-refractivity contribution >= 4 is 5.97 Å². The molecule has 1 saturated carbocycles. The van der Waals surface area contributed by atoms with Crippen LogP contribution in [0.5, 0.6) is 0 Å². The average molecular weight is 210 g/mol. The minimum absolute atomic E-state index is 0.218. The molecule has 1 rings (SSSR count). The van der Waals surface area contributed by atoms with Gasteiger partial charge in [-0.2, -0.15) is 0 Å². The normalized spacial score (nSPS) is 30.2. The van der Waals surface area contributed by atoms with Crippen molar-refractivity contribution in [3.8, 4) is 0 Å². The van der Waals surface area contributed by atoms with Crippen molar-refractivity contribution in [2.75, 3.05) is 6.61 Å². The van der Waals surface area contributed by atoms with Crippen molar-refractivity contribution in [3.63, 3.8) is 0 Å². The Morgan fingerprint density at radius 1 is 1.40 bits per heavy atom. The number of carbonyl (C=O) groups excluding carboxylic acids is 1. The van der Waals surface area contributed by atoms with E-state index in [0.717, 1.165) is 5.92 Å². The molecular weight excluding hydrogens is 188 g/mol. The Hall–Kier alpha value is -0.790. The van der Waals surface area contributed by atoms with Gasteiger partial charge in [0.25, 0.3) is 0 Å². The lowest BCUT2D eigenvalue weighted by atomic mass is 9.99. The van der Waals surface area contributed by atoms with Gasteiger partial charge in [-0.1, -0.05) is 27.4 Å². The third-order valence-corrected chi connectivity index (χ3v) is 3.43. The van der Waals surface area contributed by atoms with Crippen LogP contribution in [0.3, 0.4) is 0 Å². The summed E-state index contributed by atoms with van der Waals surface area (Å²) in [5.41, 5.74) is 0.577. The molecule has 1 aliphatic carbocycles. The Kier molecular flexibility index (Phi) is 4.37. The molecule has 3 atom stereocenters. The highest BCUT2D eigenvalue weighted by Crippen LogP contribution is 2.35. The molecule has 0 saturated heterocycles. The van der Waals surface area contributed by atoms with Crippen molar-refractivity contribution in [1.29, 1.82) is 0 Å². The summed E-state index contributed by atoms with van der Waals surface area (Å²) in [5.74, 6) is 1.79. The van der Waals surface area contributed by atoms with Gasteiger partial charge in [0, 0.05) is 5.57 Å². The molecule has 0 spiro atoms. The zero-order chi connectivity index (χ0) is 11.4. The standard InChI is InChI=1S/C13H22O2/c1-5-10(3)13(14)15-8-12-7-9(2)6-11(12)4/h9,11-12H,3,5-8H2,1-2,4H3.